The summed E-state index contributed by atoms with van der Waals surface area (Å²) in [4.78, 5) is 24.7. The highest BCUT2D eigenvalue weighted by atomic mass is 16.2. The van der Waals surface area contributed by atoms with Crippen molar-refractivity contribution in [2.75, 3.05) is 11.4 Å². The minimum absolute atomic E-state index is 0.193. The second kappa shape index (κ2) is 3.07. The molecule has 0 bridgehead atoms. The van der Waals surface area contributed by atoms with Gasteiger partial charge in [0.1, 0.15) is 0 Å². The molecule has 4 heteroatoms. The first-order valence-corrected chi connectivity index (χ1v) is 5.43. The lowest BCUT2D eigenvalue weighted by atomic mass is 9.96. The molecule has 4 nitrogen and oxygen atoms in total. The topological polar surface area (TPSA) is 63.4 Å². The Morgan fingerprint density at radius 1 is 1.19 bits per heavy atom. The van der Waals surface area contributed by atoms with Crippen molar-refractivity contribution in [1.82, 2.24) is 0 Å². The van der Waals surface area contributed by atoms with Crippen molar-refractivity contribution < 1.29 is 9.59 Å². The van der Waals surface area contributed by atoms with Gasteiger partial charge in [0, 0.05) is 18.5 Å². The monoisotopic (exact) mass is 216 g/mol. The van der Waals surface area contributed by atoms with Crippen LogP contribution in [0.2, 0.25) is 0 Å². The van der Waals surface area contributed by atoms with Crippen molar-refractivity contribution in [3.63, 3.8) is 0 Å². The molecule has 2 aliphatic heterocycles. The van der Waals surface area contributed by atoms with Crippen LogP contribution in [0.4, 0.5) is 5.69 Å². The number of aryl methyl sites for hydroxylation is 1. The second-order valence-corrected chi connectivity index (χ2v) is 4.30. The lowest BCUT2D eigenvalue weighted by Gasteiger charge is -2.25. The molecule has 0 atom stereocenters. The van der Waals surface area contributed by atoms with Gasteiger partial charge >= 0.3 is 0 Å². The molecule has 1 aromatic carbocycles. The molecular weight excluding hydrogens is 204 g/mol. The van der Waals surface area contributed by atoms with E-state index in [4.69, 9.17) is 5.73 Å². The Kier molecular flexibility index (Phi) is 1.80. The number of carbonyl (C=O) groups is 2. The molecular formula is C12H12N2O2. The smallest absolute Gasteiger partial charge is 0.248 e. The highest BCUT2D eigenvalue weighted by molar-refractivity contribution is 6.01. The number of hydrogen-bond donors (Lipinski definition) is 1. The van der Waals surface area contributed by atoms with Crippen LogP contribution in [0.15, 0.2) is 12.1 Å². The Bertz CT molecular complexity index is 508. The van der Waals surface area contributed by atoms with Crippen LogP contribution in [0.5, 0.6) is 0 Å². The first kappa shape index (κ1) is 9.39. The number of carbonyl (C=O) groups excluding carboxylic acids is 2. The van der Waals surface area contributed by atoms with Gasteiger partial charge in [-0.05, 0) is 36.1 Å². The van der Waals surface area contributed by atoms with Crippen molar-refractivity contribution in [3.05, 3.63) is 28.8 Å². The Morgan fingerprint density at radius 2 is 1.88 bits per heavy atom. The van der Waals surface area contributed by atoms with Gasteiger partial charge < -0.3 is 10.6 Å². The van der Waals surface area contributed by atoms with E-state index in [2.05, 4.69) is 0 Å². The minimum atomic E-state index is -0.394. The van der Waals surface area contributed by atoms with Gasteiger partial charge in [0.05, 0.1) is 5.69 Å². The Labute approximate surface area is 93.0 Å². The van der Waals surface area contributed by atoms with Gasteiger partial charge in [0.2, 0.25) is 11.8 Å². The fourth-order valence-corrected chi connectivity index (χ4v) is 2.60. The van der Waals surface area contributed by atoms with Gasteiger partial charge in [-0.3, -0.25) is 9.59 Å². The maximum Gasteiger partial charge on any atom is 0.248 e. The molecule has 0 fully saturated rings. The molecule has 0 saturated carbocycles. The first-order valence-electron chi connectivity index (χ1n) is 5.43. The van der Waals surface area contributed by atoms with Gasteiger partial charge in [0.15, 0.2) is 0 Å². The third-order valence-electron chi connectivity index (χ3n) is 3.34. The Hall–Kier alpha value is -1.84. The molecule has 0 radical (unpaired) electrons. The third-order valence-corrected chi connectivity index (χ3v) is 3.34. The molecule has 0 spiro atoms. The van der Waals surface area contributed by atoms with Gasteiger partial charge in [-0.2, -0.15) is 0 Å². The van der Waals surface area contributed by atoms with Crippen molar-refractivity contribution in [2.24, 2.45) is 5.73 Å². The SMILES string of the molecule is NC(=O)c1cc2c3c(c1)CCN3C(=O)CC2. The molecule has 2 N–H and O–H groups in total. The van der Waals surface area contributed by atoms with Crippen LogP contribution in [0.3, 0.4) is 0 Å². The molecule has 0 aliphatic carbocycles. The third kappa shape index (κ3) is 1.16. The van der Waals surface area contributed by atoms with Crippen molar-refractivity contribution in [3.8, 4) is 0 Å². The number of amides is 2. The molecule has 2 amide bonds. The average Bonchev–Trinajstić information content (AvgIpc) is 2.68. The zero-order chi connectivity index (χ0) is 11.3. The second-order valence-electron chi connectivity index (χ2n) is 4.30. The summed E-state index contributed by atoms with van der Waals surface area (Å²) in [6.07, 6.45) is 2.09. The predicted octanol–water partition coefficient (Wildman–Crippen LogP) is 0.621. The van der Waals surface area contributed by atoms with E-state index < -0.39 is 5.91 Å². The molecule has 2 heterocycles. The average molecular weight is 216 g/mol. The molecule has 0 saturated heterocycles. The summed E-state index contributed by atoms with van der Waals surface area (Å²) in [6.45, 7) is 0.739. The van der Waals surface area contributed by atoms with Crippen LogP contribution in [0.25, 0.3) is 0 Å². The zero-order valence-corrected chi connectivity index (χ0v) is 8.82. The minimum Gasteiger partial charge on any atom is -0.366 e. The van der Waals surface area contributed by atoms with Gasteiger partial charge in [-0.25, -0.2) is 0 Å². The zero-order valence-electron chi connectivity index (χ0n) is 8.82. The van der Waals surface area contributed by atoms with Crippen LogP contribution in [0, 0.1) is 0 Å². The fraction of sp³-hybridized carbons (Fsp3) is 0.333. The van der Waals surface area contributed by atoms with E-state index in [1.54, 1.807) is 0 Å². The van der Waals surface area contributed by atoms with Crippen molar-refractivity contribution >= 4 is 17.5 Å². The quantitative estimate of drug-likeness (QED) is 0.748. The maximum atomic E-state index is 11.7. The number of hydrogen-bond acceptors (Lipinski definition) is 2. The van der Waals surface area contributed by atoms with E-state index in [1.807, 2.05) is 17.0 Å². The van der Waals surface area contributed by atoms with Crippen LogP contribution in [-0.2, 0) is 17.6 Å². The number of primary amides is 1. The van der Waals surface area contributed by atoms with Crippen LogP contribution >= 0.6 is 0 Å². The standard InChI is InChI=1S/C12H12N2O2/c13-12(16)9-5-7-1-2-10(15)14-4-3-8(6-9)11(7)14/h5-6H,1-4H2,(H2,13,16). The van der Waals surface area contributed by atoms with Gasteiger partial charge in [-0.15, -0.1) is 0 Å². The molecule has 0 aromatic heterocycles. The van der Waals surface area contributed by atoms with E-state index in [0.717, 1.165) is 36.2 Å². The largest absolute Gasteiger partial charge is 0.366 e. The normalized spacial score (nSPS) is 17.5. The van der Waals surface area contributed by atoms with E-state index in [0.29, 0.717) is 12.0 Å². The highest BCUT2D eigenvalue weighted by Gasteiger charge is 2.31. The van der Waals surface area contributed by atoms with E-state index >= 15 is 0 Å². The lowest BCUT2D eigenvalue weighted by Crippen LogP contribution is -2.33. The van der Waals surface area contributed by atoms with E-state index in [9.17, 15) is 9.59 Å². The highest BCUT2D eigenvalue weighted by Crippen LogP contribution is 2.37. The van der Waals surface area contributed by atoms with E-state index in [-0.39, 0.29) is 5.91 Å². The Morgan fingerprint density at radius 3 is 2.56 bits per heavy atom. The molecule has 3 rings (SSSR count). The summed E-state index contributed by atoms with van der Waals surface area (Å²) >= 11 is 0. The van der Waals surface area contributed by atoms with Crippen LogP contribution < -0.4 is 10.6 Å². The molecule has 0 unspecified atom stereocenters. The summed E-state index contributed by atoms with van der Waals surface area (Å²) < 4.78 is 0. The molecule has 82 valence electrons. The maximum absolute atomic E-state index is 11.7. The summed E-state index contributed by atoms with van der Waals surface area (Å²) in [7, 11) is 0. The summed E-state index contributed by atoms with van der Waals surface area (Å²) in [6, 6.07) is 3.64. The number of anilines is 1. The van der Waals surface area contributed by atoms with Crippen molar-refractivity contribution in [2.45, 2.75) is 19.3 Å². The first-order chi connectivity index (χ1) is 7.66. The summed E-state index contributed by atoms with van der Waals surface area (Å²) in [5.41, 5.74) is 9.05. The van der Waals surface area contributed by atoms with Gasteiger partial charge in [0.25, 0.3) is 0 Å². The van der Waals surface area contributed by atoms with E-state index in [1.165, 1.54) is 0 Å². The van der Waals surface area contributed by atoms with Crippen molar-refractivity contribution in [1.29, 1.82) is 0 Å². The number of nitrogens with zero attached hydrogens (tertiary/aromatic N) is 1. The lowest BCUT2D eigenvalue weighted by molar-refractivity contribution is -0.118. The summed E-state index contributed by atoms with van der Waals surface area (Å²) in [5, 5.41) is 0. The van der Waals surface area contributed by atoms with Crippen LogP contribution in [-0.4, -0.2) is 18.4 Å². The number of rotatable bonds is 1. The number of benzene rings is 1. The Balaban J connectivity index is 2.20. The van der Waals surface area contributed by atoms with Crippen LogP contribution in [0.1, 0.15) is 27.9 Å². The fourth-order valence-electron chi connectivity index (χ4n) is 2.60. The summed E-state index contributed by atoms with van der Waals surface area (Å²) in [5.74, 6) is -0.201. The van der Waals surface area contributed by atoms with Gasteiger partial charge in [-0.1, -0.05) is 0 Å². The molecule has 2 aliphatic rings. The number of nitrogens with two attached hydrogens (primary N) is 1. The predicted molar refractivity (Wildman–Crippen MR) is 59.3 cm³/mol. The molecule has 1 aromatic rings. The molecule has 16 heavy (non-hydrogen) atoms.